The molecular formula is C11H18N4O3. The molecule has 7 heteroatoms. The Hall–Kier alpha value is -2.05. The summed E-state index contributed by atoms with van der Waals surface area (Å²) < 4.78 is 1.67. The summed E-state index contributed by atoms with van der Waals surface area (Å²) in [6, 6.07) is -0.218. The first-order valence-corrected chi connectivity index (χ1v) is 5.67. The summed E-state index contributed by atoms with van der Waals surface area (Å²) in [4.78, 5) is 23.5. The molecule has 0 fully saturated rings. The monoisotopic (exact) mass is 254 g/mol. The molecule has 0 spiro atoms. The number of rotatable bonds is 6. The van der Waals surface area contributed by atoms with E-state index in [2.05, 4.69) is 10.4 Å². The number of urea groups is 1. The average molecular weight is 254 g/mol. The number of carbonyl (C=O) groups excluding carboxylic acids is 1. The summed E-state index contributed by atoms with van der Waals surface area (Å²) in [5.41, 5.74) is 0.945. The quantitative estimate of drug-likeness (QED) is 0.720. The van der Waals surface area contributed by atoms with Crippen LogP contribution in [0.3, 0.4) is 0 Å². The molecular weight excluding hydrogens is 236 g/mol. The second-order valence-electron chi connectivity index (χ2n) is 4.11. The molecule has 0 aliphatic heterocycles. The Morgan fingerprint density at radius 3 is 2.83 bits per heavy atom. The minimum atomic E-state index is -0.854. The van der Waals surface area contributed by atoms with E-state index in [1.807, 2.05) is 13.2 Å². The maximum absolute atomic E-state index is 11.6. The SMILES string of the molecule is CN(Cc1cnn(C)c1)C(=O)NCCCC(=O)O. The second-order valence-corrected chi connectivity index (χ2v) is 4.11. The smallest absolute Gasteiger partial charge is 0.317 e. The molecule has 2 N–H and O–H groups in total. The Balaban J connectivity index is 2.26. The van der Waals surface area contributed by atoms with Crippen LogP contribution in [0.4, 0.5) is 4.79 Å². The highest BCUT2D eigenvalue weighted by Crippen LogP contribution is 2.01. The molecule has 0 aromatic carbocycles. The Labute approximate surface area is 105 Å². The highest BCUT2D eigenvalue weighted by molar-refractivity contribution is 5.73. The van der Waals surface area contributed by atoms with E-state index in [4.69, 9.17) is 5.11 Å². The molecule has 1 rings (SSSR count). The van der Waals surface area contributed by atoms with Gasteiger partial charge in [-0.1, -0.05) is 0 Å². The lowest BCUT2D eigenvalue weighted by atomic mass is 10.3. The topological polar surface area (TPSA) is 87.5 Å². The number of nitrogens with one attached hydrogen (secondary N) is 1. The molecule has 0 saturated heterocycles. The van der Waals surface area contributed by atoms with Gasteiger partial charge in [0.1, 0.15) is 0 Å². The van der Waals surface area contributed by atoms with Crippen LogP contribution in [0, 0.1) is 0 Å². The molecule has 0 radical (unpaired) electrons. The Morgan fingerprint density at radius 1 is 1.56 bits per heavy atom. The third kappa shape index (κ3) is 4.86. The predicted molar refractivity (Wildman–Crippen MR) is 64.9 cm³/mol. The summed E-state index contributed by atoms with van der Waals surface area (Å²) in [6.07, 6.45) is 4.04. The van der Waals surface area contributed by atoms with Crippen LogP contribution in [0.15, 0.2) is 12.4 Å². The van der Waals surface area contributed by atoms with Gasteiger partial charge in [-0.05, 0) is 6.42 Å². The fourth-order valence-electron chi connectivity index (χ4n) is 1.47. The van der Waals surface area contributed by atoms with E-state index in [-0.39, 0.29) is 12.5 Å². The van der Waals surface area contributed by atoms with Crippen molar-refractivity contribution in [1.82, 2.24) is 20.0 Å². The molecule has 18 heavy (non-hydrogen) atoms. The van der Waals surface area contributed by atoms with Crippen LogP contribution in [-0.2, 0) is 18.4 Å². The van der Waals surface area contributed by atoms with E-state index in [1.165, 1.54) is 4.90 Å². The number of carboxylic acid groups (broad SMARTS) is 1. The van der Waals surface area contributed by atoms with Crippen molar-refractivity contribution < 1.29 is 14.7 Å². The van der Waals surface area contributed by atoms with Gasteiger partial charge in [0, 0.05) is 38.8 Å². The molecule has 0 saturated carbocycles. The number of aliphatic carboxylic acids is 1. The molecule has 7 nitrogen and oxygen atoms in total. The van der Waals surface area contributed by atoms with Gasteiger partial charge in [0.25, 0.3) is 0 Å². The average Bonchev–Trinajstić information content (AvgIpc) is 2.69. The van der Waals surface area contributed by atoms with Crippen molar-refractivity contribution in [2.75, 3.05) is 13.6 Å². The first-order valence-electron chi connectivity index (χ1n) is 5.67. The Morgan fingerprint density at radius 2 is 2.28 bits per heavy atom. The van der Waals surface area contributed by atoms with E-state index in [1.54, 1.807) is 17.9 Å². The second kappa shape index (κ2) is 6.63. The van der Waals surface area contributed by atoms with E-state index >= 15 is 0 Å². The fourth-order valence-corrected chi connectivity index (χ4v) is 1.47. The molecule has 1 aromatic heterocycles. The normalized spacial score (nSPS) is 10.1. The number of hydrogen-bond donors (Lipinski definition) is 2. The summed E-state index contributed by atoms with van der Waals surface area (Å²) in [5.74, 6) is -0.854. The summed E-state index contributed by atoms with van der Waals surface area (Å²) in [7, 11) is 3.50. The van der Waals surface area contributed by atoms with Crippen molar-refractivity contribution in [3.8, 4) is 0 Å². The van der Waals surface area contributed by atoms with Gasteiger partial charge in [-0.3, -0.25) is 9.48 Å². The Bertz CT molecular complexity index is 416. The number of carbonyl (C=O) groups is 2. The van der Waals surface area contributed by atoms with Crippen molar-refractivity contribution in [2.45, 2.75) is 19.4 Å². The first kappa shape index (κ1) is 14.0. The largest absolute Gasteiger partial charge is 0.481 e. The first-order chi connectivity index (χ1) is 8.49. The van der Waals surface area contributed by atoms with Crippen molar-refractivity contribution in [1.29, 1.82) is 0 Å². The minimum absolute atomic E-state index is 0.0621. The molecule has 0 bridgehead atoms. The highest BCUT2D eigenvalue weighted by atomic mass is 16.4. The number of amides is 2. The van der Waals surface area contributed by atoms with Gasteiger partial charge in [0.2, 0.25) is 0 Å². The van der Waals surface area contributed by atoms with E-state index in [0.29, 0.717) is 19.5 Å². The lowest BCUT2D eigenvalue weighted by Gasteiger charge is -2.16. The molecule has 0 unspecified atom stereocenters. The van der Waals surface area contributed by atoms with E-state index in [0.717, 1.165) is 5.56 Å². The lowest BCUT2D eigenvalue weighted by Crippen LogP contribution is -2.37. The van der Waals surface area contributed by atoms with Crippen molar-refractivity contribution in [3.63, 3.8) is 0 Å². The standard InChI is InChI=1S/C11H18N4O3/c1-14(7-9-6-13-15(2)8-9)11(18)12-5-3-4-10(16)17/h6,8H,3-5,7H2,1-2H3,(H,12,18)(H,16,17). The summed E-state index contributed by atoms with van der Waals surface area (Å²) >= 11 is 0. The lowest BCUT2D eigenvalue weighted by molar-refractivity contribution is -0.137. The van der Waals surface area contributed by atoms with E-state index in [9.17, 15) is 9.59 Å². The number of carboxylic acids is 1. The van der Waals surface area contributed by atoms with Gasteiger partial charge in [-0.2, -0.15) is 5.10 Å². The van der Waals surface area contributed by atoms with Gasteiger partial charge < -0.3 is 15.3 Å². The highest BCUT2D eigenvalue weighted by Gasteiger charge is 2.09. The summed E-state index contributed by atoms with van der Waals surface area (Å²) in [5, 5.41) is 15.1. The zero-order valence-corrected chi connectivity index (χ0v) is 10.6. The predicted octanol–water partition coefficient (Wildman–Crippen LogP) is 0.426. The van der Waals surface area contributed by atoms with Crippen LogP contribution in [0.25, 0.3) is 0 Å². The molecule has 2 amide bonds. The van der Waals surface area contributed by atoms with E-state index < -0.39 is 5.97 Å². The number of aryl methyl sites for hydroxylation is 1. The van der Waals surface area contributed by atoms with Crippen LogP contribution < -0.4 is 5.32 Å². The zero-order valence-electron chi connectivity index (χ0n) is 10.6. The molecule has 0 atom stereocenters. The molecule has 0 aliphatic carbocycles. The van der Waals surface area contributed by atoms with Gasteiger partial charge >= 0.3 is 12.0 Å². The van der Waals surface area contributed by atoms with Crippen molar-refractivity contribution >= 4 is 12.0 Å². The fraction of sp³-hybridized carbons (Fsp3) is 0.545. The summed E-state index contributed by atoms with van der Waals surface area (Å²) in [6.45, 7) is 0.834. The number of nitrogens with zero attached hydrogens (tertiary/aromatic N) is 3. The maximum Gasteiger partial charge on any atom is 0.317 e. The molecule has 0 aliphatic rings. The zero-order chi connectivity index (χ0) is 13.5. The van der Waals surface area contributed by atoms with Crippen LogP contribution in [-0.4, -0.2) is 45.4 Å². The van der Waals surface area contributed by atoms with Crippen LogP contribution in [0.1, 0.15) is 18.4 Å². The maximum atomic E-state index is 11.6. The van der Waals surface area contributed by atoms with Crippen LogP contribution >= 0.6 is 0 Å². The van der Waals surface area contributed by atoms with Crippen LogP contribution in [0.5, 0.6) is 0 Å². The van der Waals surface area contributed by atoms with Crippen LogP contribution in [0.2, 0.25) is 0 Å². The van der Waals surface area contributed by atoms with Crippen molar-refractivity contribution in [3.05, 3.63) is 18.0 Å². The third-order valence-electron chi connectivity index (χ3n) is 2.37. The third-order valence-corrected chi connectivity index (χ3v) is 2.37. The number of aromatic nitrogens is 2. The van der Waals surface area contributed by atoms with Gasteiger partial charge in [0.15, 0.2) is 0 Å². The van der Waals surface area contributed by atoms with Gasteiger partial charge in [0.05, 0.1) is 12.7 Å². The molecule has 100 valence electrons. The Kier molecular flexibility index (Phi) is 5.16. The minimum Gasteiger partial charge on any atom is -0.481 e. The van der Waals surface area contributed by atoms with Gasteiger partial charge in [-0.15, -0.1) is 0 Å². The van der Waals surface area contributed by atoms with Gasteiger partial charge in [-0.25, -0.2) is 4.79 Å². The number of hydrogen-bond acceptors (Lipinski definition) is 3. The molecule has 1 aromatic rings. The van der Waals surface area contributed by atoms with Crippen molar-refractivity contribution in [2.24, 2.45) is 7.05 Å². The molecule has 1 heterocycles.